The SMILES string of the molecule is CC1CCc2c(-c3nnc(SCc4ccc(F)cc4)n3C)csc2C1. The Morgan fingerprint density at radius 3 is 2.88 bits per heavy atom. The fourth-order valence-corrected chi connectivity index (χ4v) is 5.38. The molecule has 0 bridgehead atoms. The number of thioether (sulfide) groups is 1. The molecule has 0 aliphatic heterocycles. The zero-order chi connectivity index (χ0) is 17.4. The van der Waals surface area contributed by atoms with E-state index in [1.54, 1.807) is 11.8 Å². The van der Waals surface area contributed by atoms with Crippen molar-refractivity contribution in [2.45, 2.75) is 37.1 Å². The van der Waals surface area contributed by atoms with Crippen LogP contribution in [0.4, 0.5) is 4.39 Å². The molecule has 0 fully saturated rings. The van der Waals surface area contributed by atoms with Gasteiger partial charge in [0, 0.05) is 28.6 Å². The van der Waals surface area contributed by atoms with Gasteiger partial charge in [0.2, 0.25) is 0 Å². The van der Waals surface area contributed by atoms with E-state index in [0.717, 1.165) is 34.6 Å². The smallest absolute Gasteiger partial charge is 0.191 e. The van der Waals surface area contributed by atoms with Gasteiger partial charge in [-0.15, -0.1) is 21.5 Å². The largest absolute Gasteiger partial charge is 0.305 e. The minimum Gasteiger partial charge on any atom is -0.305 e. The zero-order valence-corrected chi connectivity index (χ0v) is 16.0. The average molecular weight is 374 g/mol. The van der Waals surface area contributed by atoms with E-state index in [-0.39, 0.29) is 5.82 Å². The lowest BCUT2D eigenvalue weighted by Gasteiger charge is -2.18. The van der Waals surface area contributed by atoms with Crippen LogP contribution in [0, 0.1) is 11.7 Å². The maximum Gasteiger partial charge on any atom is 0.191 e. The predicted octanol–water partition coefficient (Wildman–Crippen LogP) is 5.10. The van der Waals surface area contributed by atoms with E-state index in [1.807, 2.05) is 30.5 Å². The van der Waals surface area contributed by atoms with Gasteiger partial charge in [-0.2, -0.15) is 0 Å². The third kappa shape index (κ3) is 3.37. The van der Waals surface area contributed by atoms with Crippen LogP contribution in [0.1, 0.15) is 29.3 Å². The predicted molar refractivity (Wildman–Crippen MR) is 101 cm³/mol. The van der Waals surface area contributed by atoms with Crippen LogP contribution in [-0.4, -0.2) is 14.8 Å². The number of benzene rings is 1. The zero-order valence-electron chi connectivity index (χ0n) is 14.3. The molecule has 1 unspecified atom stereocenters. The maximum absolute atomic E-state index is 13.0. The molecular formula is C19H20FN3S2. The standard InChI is InChI=1S/C19H20FN3S2/c1-12-3-8-15-16(11-24-17(15)9-12)18-21-22-19(23(18)2)25-10-13-4-6-14(20)7-5-13/h4-7,11-12H,3,8-10H2,1-2H3. The Kier molecular flexibility index (Phi) is 4.65. The first-order chi connectivity index (χ1) is 12.1. The van der Waals surface area contributed by atoms with Gasteiger partial charge in [-0.1, -0.05) is 30.8 Å². The molecule has 1 atom stereocenters. The molecule has 2 heterocycles. The Labute approximate surface area is 155 Å². The molecule has 6 heteroatoms. The molecule has 130 valence electrons. The molecule has 0 amide bonds. The Morgan fingerprint density at radius 1 is 1.28 bits per heavy atom. The van der Waals surface area contributed by atoms with Gasteiger partial charge in [0.25, 0.3) is 0 Å². The van der Waals surface area contributed by atoms with E-state index in [0.29, 0.717) is 0 Å². The number of fused-ring (bicyclic) bond motifs is 1. The van der Waals surface area contributed by atoms with Gasteiger partial charge in [0.15, 0.2) is 11.0 Å². The summed E-state index contributed by atoms with van der Waals surface area (Å²) in [7, 11) is 2.03. The number of rotatable bonds is 4. The second-order valence-electron chi connectivity index (χ2n) is 6.68. The van der Waals surface area contributed by atoms with E-state index in [9.17, 15) is 4.39 Å². The van der Waals surface area contributed by atoms with Gasteiger partial charge in [0.1, 0.15) is 5.82 Å². The minimum absolute atomic E-state index is 0.203. The summed E-state index contributed by atoms with van der Waals surface area (Å²) in [5.74, 6) is 2.28. The number of hydrogen-bond acceptors (Lipinski definition) is 4. The van der Waals surface area contributed by atoms with Crippen molar-refractivity contribution in [3.8, 4) is 11.4 Å². The van der Waals surface area contributed by atoms with Crippen molar-refractivity contribution in [3.05, 3.63) is 51.5 Å². The molecule has 3 nitrogen and oxygen atoms in total. The highest BCUT2D eigenvalue weighted by molar-refractivity contribution is 7.98. The quantitative estimate of drug-likeness (QED) is 0.596. The highest BCUT2D eigenvalue weighted by Crippen LogP contribution is 2.38. The molecule has 0 spiro atoms. The van der Waals surface area contributed by atoms with Gasteiger partial charge < -0.3 is 4.57 Å². The van der Waals surface area contributed by atoms with Gasteiger partial charge in [0.05, 0.1) is 0 Å². The molecule has 4 rings (SSSR count). The Bertz CT molecular complexity index is 883. The second-order valence-corrected chi connectivity index (χ2v) is 8.59. The fourth-order valence-electron chi connectivity index (χ4n) is 3.27. The molecule has 0 saturated carbocycles. The van der Waals surface area contributed by atoms with Crippen LogP contribution < -0.4 is 0 Å². The van der Waals surface area contributed by atoms with Crippen LogP contribution in [0.5, 0.6) is 0 Å². The highest BCUT2D eigenvalue weighted by atomic mass is 32.2. The summed E-state index contributed by atoms with van der Waals surface area (Å²) in [6.45, 7) is 2.33. The van der Waals surface area contributed by atoms with Gasteiger partial charge >= 0.3 is 0 Å². The molecule has 0 N–H and O–H groups in total. The average Bonchev–Trinajstić information content (AvgIpc) is 3.17. The lowest BCUT2D eigenvalue weighted by molar-refractivity contribution is 0.508. The summed E-state index contributed by atoms with van der Waals surface area (Å²) < 4.78 is 15.1. The number of thiophene rings is 1. The van der Waals surface area contributed by atoms with Crippen molar-refractivity contribution in [3.63, 3.8) is 0 Å². The lowest BCUT2D eigenvalue weighted by atomic mass is 9.88. The lowest BCUT2D eigenvalue weighted by Crippen LogP contribution is -2.09. The van der Waals surface area contributed by atoms with E-state index >= 15 is 0 Å². The van der Waals surface area contributed by atoms with Gasteiger partial charge in [-0.3, -0.25) is 0 Å². The Hall–Kier alpha value is -1.66. The number of nitrogens with zero attached hydrogens (tertiary/aromatic N) is 3. The summed E-state index contributed by atoms with van der Waals surface area (Å²) in [6.07, 6.45) is 3.57. The van der Waals surface area contributed by atoms with Crippen LogP contribution >= 0.6 is 23.1 Å². The van der Waals surface area contributed by atoms with Crippen molar-refractivity contribution in [1.29, 1.82) is 0 Å². The molecule has 25 heavy (non-hydrogen) atoms. The Morgan fingerprint density at radius 2 is 2.08 bits per heavy atom. The first-order valence-electron chi connectivity index (χ1n) is 8.48. The van der Waals surface area contributed by atoms with Crippen molar-refractivity contribution in [1.82, 2.24) is 14.8 Å². The summed E-state index contributed by atoms with van der Waals surface area (Å²) in [5.41, 5.74) is 3.79. The third-order valence-electron chi connectivity index (χ3n) is 4.76. The number of halogens is 1. The first-order valence-corrected chi connectivity index (χ1v) is 10.3. The van der Waals surface area contributed by atoms with Crippen LogP contribution in [-0.2, 0) is 25.6 Å². The van der Waals surface area contributed by atoms with Crippen LogP contribution in [0.3, 0.4) is 0 Å². The molecule has 1 aliphatic rings. The van der Waals surface area contributed by atoms with Crippen molar-refractivity contribution >= 4 is 23.1 Å². The number of aromatic nitrogens is 3. The second kappa shape index (κ2) is 6.92. The third-order valence-corrected chi connectivity index (χ3v) is 6.90. The van der Waals surface area contributed by atoms with E-state index in [1.165, 1.54) is 41.0 Å². The van der Waals surface area contributed by atoms with Crippen molar-refractivity contribution in [2.75, 3.05) is 0 Å². The summed E-state index contributed by atoms with van der Waals surface area (Å²) in [4.78, 5) is 1.51. The molecule has 0 radical (unpaired) electrons. The first kappa shape index (κ1) is 16.8. The molecule has 1 aromatic carbocycles. The fraction of sp³-hybridized carbons (Fsp3) is 0.368. The maximum atomic E-state index is 13.0. The normalized spacial score (nSPS) is 16.8. The van der Waals surface area contributed by atoms with Crippen LogP contribution in [0.25, 0.3) is 11.4 Å². The number of hydrogen-bond donors (Lipinski definition) is 0. The van der Waals surface area contributed by atoms with E-state index in [4.69, 9.17) is 0 Å². The molecule has 1 aliphatic carbocycles. The van der Waals surface area contributed by atoms with Gasteiger partial charge in [-0.25, -0.2) is 4.39 Å². The van der Waals surface area contributed by atoms with E-state index in [2.05, 4.69) is 27.1 Å². The summed E-state index contributed by atoms with van der Waals surface area (Å²) in [5, 5.41) is 12.0. The monoisotopic (exact) mass is 373 g/mol. The van der Waals surface area contributed by atoms with E-state index < -0.39 is 0 Å². The summed E-state index contributed by atoms with van der Waals surface area (Å²) in [6, 6.07) is 6.62. The Balaban J connectivity index is 1.54. The summed E-state index contributed by atoms with van der Waals surface area (Å²) >= 11 is 3.49. The van der Waals surface area contributed by atoms with Crippen LogP contribution in [0.2, 0.25) is 0 Å². The van der Waals surface area contributed by atoms with Crippen LogP contribution in [0.15, 0.2) is 34.8 Å². The molecular weight excluding hydrogens is 353 g/mol. The minimum atomic E-state index is -0.203. The van der Waals surface area contributed by atoms with Crippen molar-refractivity contribution < 1.29 is 4.39 Å². The molecule has 2 aromatic heterocycles. The highest BCUT2D eigenvalue weighted by Gasteiger charge is 2.23. The van der Waals surface area contributed by atoms with Crippen molar-refractivity contribution in [2.24, 2.45) is 13.0 Å². The molecule has 3 aromatic rings. The van der Waals surface area contributed by atoms with Gasteiger partial charge in [-0.05, 0) is 48.4 Å². The molecule has 0 saturated heterocycles. The topological polar surface area (TPSA) is 30.7 Å².